The van der Waals surface area contributed by atoms with Crippen molar-refractivity contribution in [2.75, 3.05) is 18.8 Å². The van der Waals surface area contributed by atoms with Crippen LogP contribution < -0.4 is 5.73 Å². The standard InChI is InChI=1S/C14H16N4O2/c15-10-1-3-11(4-2-10)18-8-6-13(16-18)14(20)17-7-5-12(19)9-17/h1-4,6,8,12,19H,5,7,9,15H2. The fraction of sp³-hybridized carbons (Fsp3) is 0.286. The molecule has 1 amide bonds. The number of aliphatic hydroxyl groups is 1. The van der Waals surface area contributed by atoms with Gasteiger partial charge >= 0.3 is 0 Å². The number of β-amino-alcohol motifs (C(OH)–C–C–N with tert-alkyl or cyclic N) is 1. The molecule has 1 aromatic carbocycles. The van der Waals surface area contributed by atoms with E-state index >= 15 is 0 Å². The topological polar surface area (TPSA) is 84.4 Å². The van der Waals surface area contributed by atoms with Gasteiger partial charge < -0.3 is 15.7 Å². The van der Waals surface area contributed by atoms with Gasteiger partial charge in [0.05, 0.1) is 11.8 Å². The molecule has 1 saturated heterocycles. The monoisotopic (exact) mass is 272 g/mol. The van der Waals surface area contributed by atoms with Gasteiger partial charge in [0.25, 0.3) is 5.91 Å². The predicted molar refractivity (Wildman–Crippen MR) is 74.5 cm³/mol. The van der Waals surface area contributed by atoms with Gasteiger partial charge in [0.2, 0.25) is 0 Å². The Morgan fingerprint density at radius 2 is 2.05 bits per heavy atom. The molecule has 0 saturated carbocycles. The molecule has 1 aliphatic rings. The van der Waals surface area contributed by atoms with Crippen molar-refractivity contribution in [3.63, 3.8) is 0 Å². The fourth-order valence-electron chi connectivity index (χ4n) is 2.30. The molecule has 3 N–H and O–H groups in total. The number of amides is 1. The molecule has 20 heavy (non-hydrogen) atoms. The Morgan fingerprint density at radius 1 is 1.30 bits per heavy atom. The summed E-state index contributed by atoms with van der Waals surface area (Å²) in [5, 5.41) is 13.8. The van der Waals surface area contributed by atoms with Crippen molar-refractivity contribution < 1.29 is 9.90 Å². The molecule has 0 radical (unpaired) electrons. The zero-order valence-electron chi connectivity index (χ0n) is 10.9. The summed E-state index contributed by atoms with van der Waals surface area (Å²) < 4.78 is 1.64. The molecule has 0 bridgehead atoms. The van der Waals surface area contributed by atoms with Crippen LogP contribution in [-0.4, -0.2) is 44.9 Å². The summed E-state index contributed by atoms with van der Waals surface area (Å²) in [6.45, 7) is 0.961. The minimum Gasteiger partial charge on any atom is -0.399 e. The lowest BCUT2D eigenvalue weighted by atomic mass is 10.3. The van der Waals surface area contributed by atoms with Crippen LogP contribution in [0.2, 0.25) is 0 Å². The number of rotatable bonds is 2. The van der Waals surface area contributed by atoms with E-state index in [2.05, 4.69) is 5.10 Å². The zero-order valence-corrected chi connectivity index (χ0v) is 10.9. The van der Waals surface area contributed by atoms with E-state index in [1.807, 2.05) is 12.1 Å². The molecule has 1 unspecified atom stereocenters. The van der Waals surface area contributed by atoms with E-state index in [0.717, 1.165) is 5.69 Å². The minimum absolute atomic E-state index is 0.143. The van der Waals surface area contributed by atoms with Gasteiger partial charge in [-0.1, -0.05) is 0 Å². The summed E-state index contributed by atoms with van der Waals surface area (Å²) in [4.78, 5) is 13.8. The maximum atomic E-state index is 12.2. The summed E-state index contributed by atoms with van der Waals surface area (Å²) in [7, 11) is 0. The Kier molecular flexibility index (Phi) is 3.15. The van der Waals surface area contributed by atoms with Crippen molar-refractivity contribution in [1.82, 2.24) is 14.7 Å². The third kappa shape index (κ3) is 2.37. The van der Waals surface area contributed by atoms with Crippen LogP contribution in [0.3, 0.4) is 0 Å². The molecular formula is C14H16N4O2. The Bertz CT molecular complexity index is 620. The molecule has 1 aromatic heterocycles. The van der Waals surface area contributed by atoms with E-state index in [1.54, 1.807) is 34.0 Å². The van der Waals surface area contributed by atoms with Crippen LogP contribution in [0.4, 0.5) is 5.69 Å². The van der Waals surface area contributed by atoms with Crippen LogP contribution in [-0.2, 0) is 0 Å². The maximum Gasteiger partial charge on any atom is 0.274 e. The van der Waals surface area contributed by atoms with Gasteiger partial charge in [0.15, 0.2) is 5.69 Å². The number of carbonyl (C=O) groups is 1. The van der Waals surface area contributed by atoms with Gasteiger partial charge in [-0.2, -0.15) is 5.10 Å². The van der Waals surface area contributed by atoms with Crippen LogP contribution in [0.15, 0.2) is 36.5 Å². The number of nitrogens with zero attached hydrogens (tertiary/aromatic N) is 3. The number of benzene rings is 1. The van der Waals surface area contributed by atoms with E-state index in [-0.39, 0.29) is 5.91 Å². The molecule has 2 heterocycles. The molecule has 1 aliphatic heterocycles. The highest BCUT2D eigenvalue weighted by Crippen LogP contribution is 2.14. The van der Waals surface area contributed by atoms with Crippen LogP contribution in [0.25, 0.3) is 5.69 Å². The highest BCUT2D eigenvalue weighted by atomic mass is 16.3. The first-order valence-electron chi connectivity index (χ1n) is 6.52. The predicted octanol–water partition coefficient (Wildman–Crippen LogP) is 0.661. The maximum absolute atomic E-state index is 12.2. The highest BCUT2D eigenvalue weighted by molar-refractivity contribution is 5.92. The van der Waals surface area contributed by atoms with Crippen molar-refractivity contribution >= 4 is 11.6 Å². The van der Waals surface area contributed by atoms with Crippen molar-refractivity contribution in [1.29, 1.82) is 0 Å². The van der Waals surface area contributed by atoms with E-state index < -0.39 is 6.10 Å². The second-order valence-corrected chi connectivity index (χ2v) is 4.93. The van der Waals surface area contributed by atoms with Gasteiger partial charge in [-0.3, -0.25) is 4.79 Å². The molecule has 6 nitrogen and oxygen atoms in total. The molecule has 2 aromatic rings. The number of aromatic nitrogens is 2. The van der Waals surface area contributed by atoms with Gasteiger partial charge in [-0.25, -0.2) is 4.68 Å². The van der Waals surface area contributed by atoms with Crippen LogP contribution in [0.1, 0.15) is 16.9 Å². The average Bonchev–Trinajstić information content (AvgIpc) is 3.08. The number of nitrogens with two attached hydrogens (primary N) is 1. The number of likely N-dealkylation sites (tertiary alicyclic amines) is 1. The Labute approximate surface area is 116 Å². The minimum atomic E-state index is -0.418. The second kappa shape index (κ2) is 4.97. The molecule has 0 spiro atoms. The number of nitrogen functional groups attached to an aromatic ring is 1. The Balaban J connectivity index is 1.79. The number of carbonyl (C=O) groups excluding carboxylic acids is 1. The van der Waals surface area contributed by atoms with E-state index in [0.29, 0.717) is 30.9 Å². The van der Waals surface area contributed by atoms with Crippen molar-refractivity contribution in [2.24, 2.45) is 0 Å². The largest absolute Gasteiger partial charge is 0.399 e. The smallest absolute Gasteiger partial charge is 0.274 e. The summed E-state index contributed by atoms with van der Waals surface area (Å²) in [6.07, 6.45) is 1.95. The number of hydrogen-bond acceptors (Lipinski definition) is 4. The Hall–Kier alpha value is -2.34. The molecule has 104 valence electrons. The molecule has 3 rings (SSSR count). The first-order chi connectivity index (χ1) is 9.63. The normalized spacial score (nSPS) is 18.4. The summed E-state index contributed by atoms with van der Waals surface area (Å²) in [6, 6.07) is 8.94. The van der Waals surface area contributed by atoms with Gasteiger partial charge in [0, 0.05) is 25.0 Å². The van der Waals surface area contributed by atoms with E-state index in [4.69, 9.17) is 5.73 Å². The van der Waals surface area contributed by atoms with Crippen LogP contribution >= 0.6 is 0 Å². The summed E-state index contributed by atoms with van der Waals surface area (Å²) in [5.74, 6) is -0.143. The van der Waals surface area contributed by atoms with E-state index in [9.17, 15) is 9.90 Å². The van der Waals surface area contributed by atoms with Crippen molar-refractivity contribution in [3.8, 4) is 5.69 Å². The van der Waals surface area contributed by atoms with Crippen molar-refractivity contribution in [2.45, 2.75) is 12.5 Å². The third-order valence-electron chi connectivity index (χ3n) is 3.42. The quantitative estimate of drug-likeness (QED) is 0.787. The lowest BCUT2D eigenvalue weighted by molar-refractivity contribution is 0.0759. The first-order valence-corrected chi connectivity index (χ1v) is 6.52. The van der Waals surface area contributed by atoms with Gasteiger partial charge in [0.1, 0.15) is 0 Å². The molecular weight excluding hydrogens is 256 g/mol. The molecule has 6 heteroatoms. The molecule has 0 aliphatic carbocycles. The number of anilines is 1. The average molecular weight is 272 g/mol. The lowest BCUT2D eigenvalue weighted by Crippen LogP contribution is -2.29. The van der Waals surface area contributed by atoms with Gasteiger partial charge in [-0.15, -0.1) is 0 Å². The SMILES string of the molecule is Nc1ccc(-n2ccc(C(=O)N3CCC(O)C3)n2)cc1. The van der Waals surface area contributed by atoms with Gasteiger partial charge in [-0.05, 0) is 36.8 Å². The summed E-state index contributed by atoms with van der Waals surface area (Å²) in [5.41, 5.74) is 7.56. The Morgan fingerprint density at radius 3 is 2.70 bits per heavy atom. The van der Waals surface area contributed by atoms with Crippen LogP contribution in [0.5, 0.6) is 0 Å². The molecule has 1 atom stereocenters. The second-order valence-electron chi connectivity index (χ2n) is 4.93. The zero-order chi connectivity index (χ0) is 14.1. The number of aliphatic hydroxyl groups excluding tert-OH is 1. The molecule has 1 fully saturated rings. The first kappa shape index (κ1) is 12.7. The highest BCUT2D eigenvalue weighted by Gasteiger charge is 2.26. The lowest BCUT2D eigenvalue weighted by Gasteiger charge is -2.13. The van der Waals surface area contributed by atoms with Crippen molar-refractivity contribution in [3.05, 3.63) is 42.2 Å². The van der Waals surface area contributed by atoms with E-state index in [1.165, 1.54) is 0 Å². The van der Waals surface area contributed by atoms with Crippen LogP contribution in [0, 0.1) is 0 Å². The fourth-order valence-corrected chi connectivity index (χ4v) is 2.30. The third-order valence-corrected chi connectivity index (χ3v) is 3.42. The number of hydrogen-bond donors (Lipinski definition) is 2. The summed E-state index contributed by atoms with van der Waals surface area (Å²) >= 11 is 0.